The van der Waals surface area contributed by atoms with Gasteiger partial charge in [-0.2, -0.15) is 0 Å². The summed E-state index contributed by atoms with van der Waals surface area (Å²) < 4.78 is 54.6. The van der Waals surface area contributed by atoms with Crippen molar-refractivity contribution in [1.82, 2.24) is 4.90 Å². The number of piperidine rings is 1. The molecule has 2 fully saturated rings. The molecule has 2 heterocycles. The molecule has 5 nitrogen and oxygen atoms in total. The molecule has 206 valence electrons. The summed E-state index contributed by atoms with van der Waals surface area (Å²) in [6.45, 7) is 3.64. The first-order valence-electron chi connectivity index (χ1n) is 13.2. The third kappa shape index (κ3) is 6.07. The molecule has 3 aliphatic rings. The SMILES string of the molecule is COC(=O)[C@H](C)[C@H](c1ccc2c(c1)OC1(CC2)CCN(Cc2cc(Cl)ccc2OC(F)(F)F)CC1)C1CC1. The largest absolute Gasteiger partial charge is 0.573 e. The summed E-state index contributed by atoms with van der Waals surface area (Å²) in [4.78, 5) is 14.5. The molecule has 9 heteroatoms. The van der Waals surface area contributed by atoms with Gasteiger partial charge in [0, 0.05) is 30.2 Å². The fourth-order valence-electron chi connectivity index (χ4n) is 6.09. The van der Waals surface area contributed by atoms with E-state index in [4.69, 9.17) is 21.1 Å². The second-order valence-electron chi connectivity index (χ2n) is 10.9. The van der Waals surface area contributed by atoms with E-state index in [1.165, 1.54) is 30.9 Å². The fourth-order valence-corrected chi connectivity index (χ4v) is 6.29. The molecule has 0 amide bonds. The van der Waals surface area contributed by atoms with Crippen molar-refractivity contribution < 1.29 is 32.2 Å². The third-order valence-corrected chi connectivity index (χ3v) is 8.54. The van der Waals surface area contributed by atoms with Crippen molar-refractivity contribution in [2.24, 2.45) is 11.8 Å². The number of halogens is 4. The van der Waals surface area contributed by atoms with Crippen LogP contribution >= 0.6 is 11.6 Å². The van der Waals surface area contributed by atoms with Crippen molar-refractivity contribution in [2.45, 2.75) is 69.9 Å². The first-order chi connectivity index (χ1) is 18.1. The van der Waals surface area contributed by atoms with Gasteiger partial charge >= 0.3 is 12.3 Å². The highest BCUT2D eigenvalue weighted by atomic mass is 35.5. The number of aryl methyl sites for hydroxylation is 1. The zero-order chi connectivity index (χ0) is 27.1. The lowest BCUT2D eigenvalue weighted by atomic mass is 9.80. The van der Waals surface area contributed by atoms with Gasteiger partial charge in [-0.1, -0.05) is 30.7 Å². The maximum Gasteiger partial charge on any atom is 0.573 e. The van der Waals surface area contributed by atoms with Gasteiger partial charge in [0.25, 0.3) is 0 Å². The molecule has 5 rings (SSSR count). The third-order valence-electron chi connectivity index (χ3n) is 8.30. The van der Waals surface area contributed by atoms with E-state index >= 15 is 0 Å². The molecule has 2 aromatic rings. The number of methoxy groups -OCH3 is 1. The van der Waals surface area contributed by atoms with Crippen LogP contribution in [-0.4, -0.2) is 43.0 Å². The Kier molecular flexibility index (Phi) is 7.57. The van der Waals surface area contributed by atoms with Crippen LogP contribution in [0.3, 0.4) is 0 Å². The number of esters is 1. The Balaban J connectivity index is 1.27. The van der Waals surface area contributed by atoms with Gasteiger partial charge in [0.05, 0.1) is 13.0 Å². The topological polar surface area (TPSA) is 48.0 Å². The van der Waals surface area contributed by atoms with Gasteiger partial charge in [-0.3, -0.25) is 9.69 Å². The fraction of sp³-hybridized carbons (Fsp3) is 0.552. The maximum atomic E-state index is 12.9. The Bertz CT molecular complexity index is 1170. The van der Waals surface area contributed by atoms with Crippen molar-refractivity contribution in [2.75, 3.05) is 20.2 Å². The average molecular weight is 552 g/mol. The summed E-state index contributed by atoms with van der Waals surface area (Å²) in [5, 5.41) is 0.372. The van der Waals surface area contributed by atoms with Crippen LogP contribution < -0.4 is 9.47 Å². The van der Waals surface area contributed by atoms with Crippen LogP contribution in [0.1, 0.15) is 61.6 Å². The molecule has 1 aliphatic carbocycles. The lowest BCUT2D eigenvalue weighted by Gasteiger charge is -2.45. The van der Waals surface area contributed by atoms with Crippen LogP contribution in [-0.2, 0) is 22.5 Å². The molecule has 1 saturated carbocycles. The smallest absolute Gasteiger partial charge is 0.487 e. The molecule has 2 atom stereocenters. The van der Waals surface area contributed by atoms with Crippen LogP contribution in [0.4, 0.5) is 13.2 Å². The molecule has 1 spiro atoms. The number of ether oxygens (including phenoxy) is 3. The minimum absolute atomic E-state index is 0.113. The number of hydrogen-bond donors (Lipinski definition) is 0. The van der Waals surface area contributed by atoms with E-state index in [-0.39, 0.29) is 29.2 Å². The van der Waals surface area contributed by atoms with E-state index in [2.05, 4.69) is 27.8 Å². The second-order valence-corrected chi connectivity index (χ2v) is 11.3. The molecule has 0 unspecified atom stereocenters. The minimum atomic E-state index is -4.76. The van der Waals surface area contributed by atoms with Crippen molar-refractivity contribution in [3.63, 3.8) is 0 Å². The number of rotatable bonds is 7. The summed E-state index contributed by atoms with van der Waals surface area (Å²) in [5.74, 6) is 0.865. The van der Waals surface area contributed by atoms with Gasteiger partial charge in [-0.25, -0.2) is 0 Å². The average Bonchev–Trinajstić information content (AvgIpc) is 3.71. The Labute approximate surface area is 226 Å². The standard InChI is InChI=1S/C29H33ClF3NO4/c1-18(27(35)36-2)26(20-4-5-20)21-6-3-19-9-10-28(37-25(19)16-21)11-13-34(14-12-28)17-22-15-23(30)7-8-24(22)38-29(31,32)33/h3,6-8,15-16,18,20,26H,4-5,9-14,17H2,1-2H3/t18-,26+/m1/s1. The summed E-state index contributed by atoms with van der Waals surface area (Å²) in [6.07, 6.45) is 0.835. The quantitative estimate of drug-likeness (QED) is 0.350. The van der Waals surface area contributed by atoms with Gasteiger partial charge in [-0.05, 0) is 85.8 Å². The number of carbonyl (C=O) groups is 1. The molecule has 0 aromatic heterocycles. The molecule has 0 bridgehead atoms. The number of likely N-dealkylation sites (tertiary alicyclic amines) is 1. The first-order valence-corrected chi connectivity index (χ1v) is 13.6. The van der Waals surface area contributed by atoms with E-state index in [1.807, 2.05) is 6.92 Å². The van der Waals surface area contributed by atoms with E-state index in [0.717, 1.165) is 49.8 Å². The predicted molar refractivity (Wildman–Crippen MR) is 137 cm³/mol. The zero-order valence-corrected chi connectivity index (χ0v) is 22.4. The predicted octanol–water partition coefficient (Wildman–Crippen LogP) is 6.90. The molecule has 2 aliphatic heterocycles. The Morgan fingerprint density at radius 3 is 2.55 bits per heavy atom. The number of nitrogens with zero attached hydrogens (tertiary/aromatic N) is 1. The molecule has 1 saturated heterocycles. The lowest BCUT2D eigenvalue weighted by molar-refractivity contribution is -0.275. The van der Waals surface area contributed by atoms with E-state index in [1.54, 1.807) is 0 Å². The maximum absolute atomic E-state index is 12.9. The van der Waals surface area contributed by atoms with Crippen molar-refractivity contribution >= 4 is 17.6 Å². The van der Waals surface area contributed by atoms with Gasteiger partial charge < -0.3 is 14.2 Å². The number of benzene rings is 2. The van der Waals surface area contributed by atoms with E-state index in [9.17, 15) is 18.0 Å². The molecular formula is C29H33ClF3NO4. The summed E-state index contributed by atoms with van der Waals surface area (Å²) >= 11 is 6.07. The summed E-state index contributed by atoms with van der Waals surface area (Å²) in [5.41, 5.74) is 2.41. The van der Waals surface area contributed by atoms with Crippen LogP contribution in [0, 0.1) is 11.8 Å². The van der Waals surface area contributed by atoms with Crippen LogP contribution in [0.25, 0.3) is 0 Å². The molecule has 38 heavy (non-hydrogen) atoms. The van der Waals surface area contributed by atoms with Gasteiger partial charge in [0.1, 0.15) is 17.1 Å². The highest BCUT2D eigenvalue weighted by Crippen LogP contribution is 2.49. The summed E-state index contributed by atoms with van der Waals surface area (Å²) in [6, 6.07) is 10.6. The Hall–Kier alpha value is -2.45. The first kappa shape index (κ1) is 27.1. The Morgan fingerprint density at radius 1 is 1.16 bits per heavy atom. The highest BCUT2D eigenvalue weighted by molar-refractivity contribution is 6.30. The van der Waals surface area contributed by atoms with Crippen molar-refractivity contribution in [3.8, 4) is 11.5 Å². The zero-order valence-electron chi connectivity index (χ0n) is 21.7. The number of hydrogen-bond acceptors (Lipinski definition) is 5. The van der Waals surface area contributed by atoms with E-state index in [0.29, 0.717) is 36.1 Å². The van der Waals surface area contributed by atoms with Crippen LogP contribution in [0.2, 0.25) is 5.02 Å². The Morgan fingerprint density at radius 2 is 1.89 bits per heavy atom. The van der Waals surface area contributed by atoms with E-state index < -0.39 is 6.36 Å². The minimum Gasteiger partial charge on any atom is -0.487 e. The molecule has 2 aromatic carbocycles. The molecule has 0 N–H and O–H groups in total. The normalized spacial score (nSPS) is 20.8. The number of carbonyl (C=O) groups excluding carboxylic acids is 1. The van der Waals surface area contributed by atoms with Crippen LogP contribution in [0.15, 0.2) is 36.4 Å². The molecule has 0 radical (unpaired) electrons. The highest BCUT2D eigenvalue weighted by Gasteiger charge is 2.42. The summed E-state index contributed by atoms with van der Waals surface area (Å²) in [7, 11) is 1.44. The van der Waals surface area contributed by atoms with Gasteiger partial charge in [-0.15, -0.1) is 13.2 Å². The second kappa shape index (κ2) is 10.6. The molecular weight excluding hydrogens is 519 g/mol. The number of alkyl halides is 3. The number of fused-ring (bicyclic) bond motifs is 1. The van der Waals surface area contributed by atoms with Crippen LogP contribution in [0.5, 0.6) is 11.5 Å². The van der Waals surface area contributed by atoms with Crippen molar-refractivity contribution in [3.05, 3.63) is 58.1 Å². The van der Waals surface area contributed by atoms with Crippen molar-refractivity contribution in [1.29, 1.82) is 0 Å². The van der Waals surface area contributed by atoms with Gasteiger partial charge in [0.2, 0.25) is 0 Å². The monoisotopic (exact) mass is 551 g/mol. The lowest BCUT2D eigenvalue weighted by Crippen LogP contribution is -2.49. The van der Waals surface area contributed by atoms with Gasteiger partial charge in [0.15, 0.2) is 0 Å².